The lowest BCUT2D eigenvalue weighted by atomic mass is 9.87. The largest absolute Gasteiger partial charge is 0.497 e. The first-order chi connectivity index (χ1) is 12.7. The Labute approximate surface area is 156 Å². The van der Waals surface area contributed by atoms with Crippen LogP contribution in [0, 0.1) is 17.8 Å². The van der Waals surface area contributed by atoms with Crippen molar-refractivity contribution in [3.63, 3.8) is 0 Å². The van der Waals surface area contributed by atoms with Crippen LogP contribution >= 0.6 is 0 Å². The van der Waals surface area contributed by atoms with E-state index < -0.39 is 0 Å². The van der Waals surface area contributed by atoms with Crippen LogP contribution in [0.3, 0.4) is 0 Å². The Balaban J connectivity index is 1.33. The van der Waals surface area contributed by atoms with Gasteiger partial charge in [0.15, 0.2) is 0 Å². The summed E-state index contributed by atoms with van der Waals surface area (Å²) < 4.78 is 10.8. The molecule has 3 aliphatic rings. The van der Waals surface area contributed by atoms with E-state index in [0.717, 1.165) is 62.1 Å². The number of nitrogens with zero attached hydrogens (tertiary/aromatic N) is 2. The van der Waals surface area contributed by atoms with E-state index >= 15 is 0 Å². The predicted octanol–water partition coefficient (Wildman–Crippen LogP) is 2.78. The van der Waals surface area contributed by atoms with Gasteiger partial charge < -0.3 is 14.4 Å². The minimum Gasteiger partial charge on any atom is -0.497 e. The molecule has 0 aromatic heterocycles. The molecule has 1 aromatic carbocycles. The second kappa shape index (κ2) is 7.47. The Kier molecular flexibility index (Phi) is 5.07. The lowest BCUT2D eigenvalue weighted by Crippen LogP contribution is -2.50. The molecule has 3 unspecified atom stereocenters. The number of carbonyl (C=O) groups excluding carboxylic acids is 1. The summed E-state index contributed by atoms with van der Waals surface area (Å²) in [4.78, 5) is 17.4. The van der Waals surface area contributed by atoms with Crippen LogP contribution in [0.2, 0.25) is 0 Å². The number of benzene rings is 1. The van der Waals surface area contributed by atoms with Gasteiger partial charge in [-0.1, -0.05) is 6.42 Å². The summed E-state index contributed by atoms with van der Waals surface area (Å²) in [6.07, 6.45) is 5.07. The number of fused-ring (bicyclic) bond motifs is 2. The SMILES string of the molecule is COc1ccc(OC)c(CN2CCN(C(=O)C3CC4CCC3C4)CC2)c1. The second-order valence-electron chi connectivity index (χ2n) is 8.06. The molecular weight excluding hydrogens is 328 g/mol. The highest BCUT2D eigenvalue weighted by Gasteiger charge is 2.44. The van der Waals surface area contributed by atoms with Gasteiger partial charge in [-0.05, 0) is 49.3 Å². The number of methoxy groups -OCH3 is 2. The molecule has 1 aromatic rings. The molecule has 1 heterocycles. The third-order valence-corrected chi connectivity index (χ3v) is 6.62. The van der Waals surface area contributed by atoms with E-state index in [9.17, 15) is 4.79 Å². The van der Waals surface area contributed by atoms with Gasteiger partial charge in [0.1, 0.15) is 11.5 Å². The van der Waals surface area contributed by atoms with Crippen LogP contribution in [0.4, 0.5) is 0 Å². The third-order valence-electron chi connectivity index (χ3n) is 6.62. The van der Waals surface area contributed by atoms with E-state index in [2.05, 4.69) is 9.80 Å². The highest BCUT2D eigenvalue weighted by atomic mass is 16.5. The normalized spacial score (nSPS) is 28.4. The zero-order valence-corrected chi connectivity index (χ0v) is 15.9. The van der Waals surface area contributed by atoms with Gasteiger partial charge in [0.2, 0.25) is 5.91 Å². The Morgan fingerprint density at radius 1 is 1.08 bits per heavy atom. The van der Waals surface area contributed by atoms with E-state index in [0.29, 0.717) is 17.7 Å². The van der Waals surface area contributed by atoms with Crippen molar-refractivity contribution in [3.8, 4) is 11.5 Å². The average molecular weight is 358 g/mol. The number of carbonyl (C=O) groups is 1. The van der Waals surface area contributed by atoms with Crippen LogP contribution in [0.25, 0.3) is 0 Å². The minimum absolute atomic E-state index is 0.318. The first-order valence-electron chi connectivity index (χ1n) is 9.90. The Hall–Kier alpha value is -1.75. The van der Waals surface area contributed by atoms with Crippen molar-refractivity contribution in [2.24, 2.45) is 17.8 Å². The predicted molar refractivity (Wildman–Crippen MR) is 100 cm³/mol. The molecule has 5 heteroatoms. The fourth-order valence-corrected chi connectivity index (χ4v) is 5.15. The lowest BCUT2D eigenvalue weighted by molar-refractivity contribution is -0.139. The van der Waals surface area contributed by atoms with Crippen LogP contribution < -0.4 is 9.47 Å². The van der Waals surface area contributed by atoms with Crippen LogP contribution in [0.15, 0.2) is 18.2 Å². The molecule has 0 spiro atoms. The van der Waals surface area contributed by atoms with Crippen LogP contribution in [0.5, 0.6) is 11.5 Å². The Morgan fingerprint density at radius 3 is 2.50 bits per heavy atom. The first kappa shape index (κ1) is 17.7. The molecule has 142 valence electrons. The monoisotopic (exact) mass is 358 g/mol. The van der Waals surface area contributed by atoms with E-state index in [4.69, 9.17) is 9.47 Å². The lowest BCUT2D eigenvalue weighted by Gasteiger charge is -2.37. The first-order valence-corrected chi connectivity index (χ1v) is 9.90. The highest BCUT2D eigenvalue weighted by Crippen LogP contribution is 2.48. The van der Waals surface area contributed by atoms with Crippen LogP contribution in [-0.4, -0.2) is 56.1 Å². The summed E-state index contributed by atoms with van der Waals surface area (Å²) in [5.41, 5.74) is 1.14. The fraction of sp³-hybridized carbons (Fsp3) is 0.667. The fourth-order valence-electron chi connectivity index (χ4n) is 5.15. The van der Waals surface area contributed by atoms with E-state index in [1.54, 1.807) is 14.2 Å². The Bertz CT molecular complexity index is 655. The molecule has 1 aliphatic heterocycles. The summed E-state index contributed by atoms with van der Waals surface area (Å²) >= 11 is 0. The summed E-state index contributed by atoms with van der Waals surface area (Å²) in [5.74, 6) is 3.99. The molecule has 3 atom stereocenters. The molecule has 0 radical (unpaired) electrons. The summed E-state index contributed by atoms with van der Waals surface area (Å²) in [6, 6.07) is 5.93. The van der Waals surface area contributed by atoms with Gasteiger partial charge in [0, 0.05) is 44.2 Å². The van der Waals surface area contributed by atoms with E-state index in [1.807, 2.05) is 18.2 Å². The maximum atomic E-state index is 12.9. The zero-order chi connectivity index (χ0) is 18.1. The van der Waals surface area contributed by atoms with Gasteiger partial charge in [0.05, 0.1) is 14.2 Å². The number of piperazine rings is 1. The van der Waals surface area contributed by atoms with Gasteiger partial charge >= 0.3 is 0 Å². The van der Waals surface area contributed by atoms with Crippen LogP contribution in [-0.2, 0) is 11.3 Å². The van der Waals surface area contributed by atoms with Crippen LogP contribution in [0.1, 0.15) is 31.2 Å². The molecule has 2 aliphatic carbocycles. The molecule has 2 bridgehead atoms. The van der Waals surface area contributed by atoms with Gasteiger partial charge in [-0.25, -0.2) is 0 Å². The van der Waals surface area contributed by atoms with Crippen molar-refractivity contribution in [1.29, 1.82) is 0 Å². The molecule has 2 saturated carbocycles. The third kappa shape index (κ3) is 3.41. The zero-order valence-electron chi connectivity index (χ0n) is 15.9. The highest BCUT2D eigenvalue weighted by molar-refractivity contribution is 5.79. The molecule has 1 saturated heterocycles. The smallest absolute Gasteiger partial charge is 0.226 e. The van der Waals surface area contributed by atoms with Crippen molar-refractivity contribution in [2.45, 2.75) is 32.2 Å². The topological polar surface area (TPSA) is 42.0 Å². The maximum Gasteiger partial charge on any atom is 0.226 e. The average Bonchev–Trinajstić information content (AvgIpc) is 3.31. The van der Waals surface area contributed by atoms with Crippen molar-refractivity contribution in [1.82, 2.24) is 9.80 Å². The molecule has 4 rings (SSSR count). The summed E-state index contributed by atoms with van der Waals surface area (Å²) in [7, 11) is 3.39. The number of hydrogen-bond acceptors (Lipinski definition) is 4. The molecule has 3 fully saturated rings. The number of hydrogen-bond donors (Lipinski definition) is 0. The molecule has 1 amide bonds. The number of ether oxygens (including phenoxy) is 2. The minimum atomic E-state index is 0.318. The van der Waals surface area contributed by atoms with Gasteiger partial charge in [-0.3, -0.25) is 9.69 Å². The second-order valence-corrected chi connectivity index (χ2v) is 8.06. The van der Waals surface area contributed by atoms with Gasteiger partial charge in [-0.2, -0.15) is 0 Å². The van der Waals surface area contributed by atoms with Crippen molar-refractivity contribution >= 4 is 5.91 Å². The number of rotatable bonds is 5. The maximum absolute atomic E-state index is 12.9. The summed E-state index contributed by atoms with van der Waals surface area (Å²) in [6.45, 7) is 4.37. The van der Waals surface area contributed by atoms with Gasteiger partial charge in [-0.15, -0.1) is 0 Å². The van der Waals surface area contributed by atoms with Crippen molar-refractivity contribution in [3.05, 3.63) is 23.8 Å². The molecule has 5 nitrogen and oxygen atoms in total. The number of amides is 1. The van der Waals surface area contributed by atoms with Gasteiger partial charge in [0.25, 0.3) is 0 Å². The molecular formula is C21H30N2O3. The van der Waals surface area contributed by atoms with Crippen molar-refractivity contribution in [2.75, 3.05) is 40.4 Å². The van der Waals surface area contributed by atoms with E-state index in [1.165, 1.54) is 19.3 Å². The standard InChI is InChI=1S/C21H30N2O3/c1-25-18-5-6-20(26-2)17(13-18)14-22-7-9-23(10-8-22)21(24)19-12-15-3-4-16(19)11-15/h5-6,13,15-16,19H,3-4,7-12,14H2,1-2H3. The summed E-state index contributed by atoms with van der Waals surface area (Å²) in [5, 5.41) is 0. The molecule has 0 N–H and O–H groups in total. The molecule has 26 heavy (non-hydrogen) atoms. The quantitative estimate of drug-likeness (QED) is 0.812. The van der Waals surface area contributed by atoms with E-state index in [-0.39, 0.29) is 0 Å². The van der Waals surface area contributed by atoms with Crippen molar-refractivity contribution < 1.29 is 14.3 Å². The Morgan fingerprint density at radius 2 is 1.88 bits per heavy atom.